The quantitative estimate of drug-likeness (QED) is 0.571. The zero-order valence-corrected chi connectivity index (χ0v) is 12.6. The molecule has 2 nitrogen and oxygen atoms in total. The Morgan fingerprint density at radius 3 is 2.29 bits per heavy atom. The molecule has 0 bridgehead atoms. The molecular weight excluding hydrogens is 354 g/mol. The molecule has 0 N–H and O–H groups in total. The molecule has 1 aliphatic carbocycles. The van der Waals surface area contributed by atoms with E-state index in [-0.39, 0.29) is 11.9 Å². The predicted octanol–water partition coefficient (Wildman–Crippen LogP) is 3.89. The molecule has 1 amide bonds. The van der Waals surface area contributed by atoms with E-state index in [0.29, 0.717) is 18.4 Å². The van der Waals surface area contributed by atoms with Crippen LogP contribution in [0.2, 0.25) is 0 Å². The Kier molecular flexibility index (Phi) is 4.91. The second-order valence-electron chi connectivity index (χ2n) is 5.11. The van der Waals surface area contributed by atoms with E-state index in [0.717, 1.165) is 4.90 Å². The van der Waals surface area contributed by atoms with E-state index in [9.17, 15) is 22.4 Å². The summed E-state index contributed by atoms with van der Waals surface area (Å²) in [5.41, 5.74) is 0.473. The van der Waals surface area contributed by atoms with Gasteiger partial charge in [-0.15, -0.1) is 0 Å². The maximum Gasteiger partial charge on any atom is 0.409 e. The third kappa shape index (κ3) is 4.18. The molecule has 2 rings (SSSR count). The van der Waals surface area contributed by atoms with Crippen LogP contribution in [0, 0.1) is 11.7 Å². The van der Waals surface area contributed by atoms with Crippen LogP contribution in [-0.4, -0.2) is 28.4 Å². The van der Waals surface area contributed by atoms with Gasteiger partial charge in [0.05, 0.1) is 5.33 Å². The average molecular weight is 368 g/mol. The number of nitrogens with zero attached hydrogens (tertiary/aromatic N) is 1. The van der Waals surface area contributed by atoms with Crippen molar-refractivity contribution in [2.45, 2.75) is 31.6 Å². The average Bonchev–Trinajstić information content (AvgIpc) is 3.22. The Hall–Kier alpha value is -1.11. The summed E-state index contributed by atoms with van der Waals surface area (Å²) in [4.78, 5) is 12.8. The second-order valence-corrected chi connectivity index (χ2v) is 5.67. The molecule has 1 aromatic rings. The van der Waals surface area contributed by atoms with Crippen molar-refractivity contribution in [1.82, 2.24) is 4.90 Å². The van der Waals surface area contributed by atoms with Gasteiger partial charge in [-0.25, -0.2) is 4.39 Å². The Bertz CT molecular complexity index is 499. The van der Waals surface area contributed by atoms with Gasteiger partial charge in [0.1, 0.15) is 11.9 Å². The first-order valence-corrected chi connectivity index (χ1v) is 7.61. The van der Waals surface area contributed by atoms with Gasteiger partial charge in [0, 0.05) is 6.54 Å². The highest BCUT2D eigenvalue weighted by molar-refractivity contribution is 9.09. The number of hydrogen-bond acceptors (Lipinski definition) is 1. The maximum atomic E-state index is 13.3. The van der Waals surface area contributed by atoms with Gasteiger partial charge < -0.3 is 4.90 Å². The minimum Gasteiger partial charge on any atom is -0.325 e. The molecule has 1 aliphatic rings. The number of benzene rings is 1. The molecular formula is C14H14BrF4NO. The van der Waals surface area contributed by atoms with Gasteiger partial charge in [-0.3, -0.25) is 4.79 Å². The maximum absolute atomic E-state index is 13.3. The molecule has 0 unspecified atom stereocenters. The van der Waals surface area contributed by atoms with Gasteiger partial charge in [-0.1, -0.05) is 28.1 Å². The largest absolute Gasteiger partial charge is 0.409 e. The van der Waals surface area contributed by atoms with Crippen LogP contribution >= 0.6 is 15.9 Å². The molecule has 1 saturated carbocycles. The van der Waals surface area contributed by atoms with E-state index in [2.05, 4.69) is 15.9 Å². The highest BCUT2D eigenvalue weighted by Crippen LogP contribution is 2.43. The lowest BCUT2D eigenvalue weighted by Gasteiger charge is -2.33. The van der Waals surface area contributed by atoms with Crippen LogP contribution < -0.4 is 0 Å². The fraction of sp³-hybridized carbons (Fsp3) is 0.500. The predicted molar refractivity (Wildman–Crippen MR) is 73.3 cm³/mol. The van der Waals surface area contributed by atoms with E-state index in [1.807, 2.05) is 0 Å². The van der Waals surface area contributed by atoms with Gasteiger partial charge in [-0.05, 0) is 36.5 Å². The van der Waals surface area contributed by atoms with Gasteiger partial charge in [0.2, 0.25) is 5.91 Å². The molecule has 0 heterocycles. The van der Waals surface area contributed by atoms with Crippen LogP contribution in [0.4, 0.5) is 17.6 Å². The third-order valence-electron chi connectivity index (χ3n) is 3.44. The number of alkyl halides is 4. The fourth-order valence-corrected chi connectivity index (χ4v) is 2.64. The minimum absolute atomic E-state index is 0.173. The summed E-state index contributed by atoms with van der Waals surface area (Å²) >= 11 is 2.93. The van der Waals surface area contributed by atoms with Crippen molar-refractivity contribution >= 4 is 21.8 Å². The van der Waals surface area contributed by atoms with Crippen molar-refractivity contribution in [2.24, 2.45) is 5.92 Å². The SMILES string of the molecule is O=C(CBr)N(Cc1ccc(F)cc1)[C@@H](C1CC1)C(F)(F)F. The van der Waals surface area contributed by atoms with Crippen molar-refractivity contribution in [1.29, 1.82) is 0 Å². The van der Waals surface area contributed by atoms with E-state index < -0.39 is 29.9 Å². The Labute approximate surface area is 128 Å². The summed E-state index contributed by atoms with van der Waals surface area (Å²) in [5, 5.41) is -0.173. The lowest BCUT2D eigenvalue weighted by Crippen LogP contribution is -2.50. The summed E-state index contributed by atoms with van der Waals surface area (Å²) in [6, 6.07) is 3.36. The van der Waals surface area contributed by atoms with Crippen LogP contribution in [0.3, 0.4) is 0 Å². The Morgan fingerprint density at radius 2 is 1.86 bits per heavy atom. The van der Waals surface area contributed by atoms with Crippen molar-refractivity contribution in [3.8, 4) is 0 Å². The molecule has 0 spiro atoms. The second kappa shape index (κ2) is 6.34. The van der Waals surface area contributed by atoms with Crippen molar-refractivity contribution < 1.29 is 22.4 Å². The highest BCUT2D eigenvalue weighted by Gasteiger charge is 2.53. The van der Waals surface area contributed by atoms with Gasteiger partial charge in [0.25, 0.3) is 0 Å². The number of halogens is 5. The molecule has 0 radical (unpaired) electrons. The molecule has 21 heavy (non-hydrogen) atoms. The number of carbonyl (C=O) groups is 1. The molecule has 1 aromatic carbocycles. The lowest BCUT2D eigenvalue weighted by molar-refractivity contribution is -0.195. The lowest BCUT2D eigenvalue weighted by atomic mass is 10.1. The summed E-state index contributed by atoms with van der Waals surface area (Å²) in [7, 11) is 0. The van der Waals surface area contributed by atoms with Crippen molar-refractivity contribution in [3.63, 3.8) is 0 Å². The van der Waals surface area contributed by atoms with Crippen molar-refractivity contribution in [3.05, 3.63) is 35.6 Å². The number of carbonyl (C=O) groups excluding carboxylic acids is 1. The van der Waals surface area contributed by atoms with Gasteiger partial charge in [-0.2, -0.15) is 13.2 Å². The molecule has 0 saturated heterocycles. The first-order valence-electron chi connectivity index (χ1n) is 6.49. The van der Waals surface area contributed by atoms with E-state index in [4.69, 9.17) is 0 Å². The molecule has 0 aliphatic heterocycles. The van der Waals surface area contributed by atoms with Crippen LogP contribution in [-0.2, 0) is 11.3 Å². The van der Waals surface area contributed by atoms with E-state index >= 15 is 0 Å². The monoisotopic (exact) mass is 367 g/mol. The van der Waals surface area contributed by atoms with Crippen LogP contribution in [0.1, 0.15) is 18.4 Å². The van der Waals surface area contributed by atoms with Gasteiger partial charge >= 0.3 is 6.18 Å². The summed E-state index contributed by atoms with van der Waals surface area (Å²) in [5.74, 6) is -1.62. The smallest absolute Gasteiger partial charge is 0.325 e. The molecule has 116 valence electrons. The molecule has 1 atom stereocenters. The Morgan fingerprint density at radius 1 is 1.29 bits per heavy atom. The number of amides is 1. The summed E-state index contributed by atoms with van der Waals surface area (Å²) in [6.45, 7) is -0.175. The Balaban J connectivity index is 2.24. The molecule has 0 aromatic heterocycles. The third-order valence-corrected chi connectivity index (χ3v) is 3.92. The van der Waals surface area contributed by atoms with E-state index in [1.54, 1.807) is 0 Å². The molecule has 1 fully saturated rings. The first kappa shape index (κ1) is 16.3. The van der Waals surface area contributed by atoms with E-state index in [1.165, 1.54) is 24.3 Å². The van der Waals surface area contributed by atoms with Crippen molar-refractivity contribution in [2.75, 3.05) is 5.33 Å². The normalized spacial score (nSPS) is 16.6. The van der Waals surface area contributed by atoms with Crippen LogP contribution in [0.25, 0.3) is 0 Å². The number of hydrogen-bond donors (Lipinski definition) is 0. The fourth-order valence-electron chi connectivity index (χ4n) is 2.32. The van der Waals surface area contributed by atoms with Gasteiger partial charge in [0.15, 0.2) is 0 Å². The zero-order valence-electron chi connectivity index (χ0n) is 11.0. The molecule has 7 heteroatoms. The summed E-state index contributed by atoms with van der Waals surface area (Å²) in [6.07, 6.45) is -3.52. The first-order chi connectivity index (χ1) is 9.82. The zero-order chi connectivity index (χ0) is 15.6. The summed E-state index contributed by atoms with van der Waals surface area (Å²) < 4.78 is 52.6. The van der Waals surface area contributed by atoms with Crippen LogP contribution in [0.15, 0.2) is 24.3 Å². The standard InChI is InChI=1S/C14H14BrF4NO/c15-7-12(21)20(8-9-1-5-11(16)6-2-9)13(10-3-4-10)14(17,18)19/h1-2,5-6,10,13H,3-4,7-8H2/t13-/m0/s1. The van der Waals surface area contributed by atoms with Crippen LogP contribution in [0.5, 0.6) is 0 Å². The number of rotatable bonds is 5. The highest BCUT2D eigenvalue weighted by atomic mass is 79.9. The minimum atomic E-state index is -4.46. The topological polar surface area (TPSA) is 20.3 Å².